The zero-order valence-electron chi connectivity index (χ0n) is 21.0. The average molecular weight is 501 g/mol. The number of hydrogen-bond acceptors (Lipinski definition) is 10. The highest BCUT2D eigenvalue weighted by Gasteiger charge is 2.29. The third-order valence-electron chi connectivity index (χ3n) is 5.24. The molecular weight excluding hydrogens is 454 g/mol. The van der Waals surface area contributed by atoms with Crippen molar-refractivity contribution in [2.45, 2.75) is 27.7 Å². The van der Waals surface area contributed by atoms with Gasteiger partial charge in [0.2, 0.25) is 0 Å². The molecule has 0 unspecified atom stereocenters. The van der Waals surface area contributed by atoms with Crippen molar-refractivity contribution in [2.24, 2.45) is 0 Å². The Balaban J connectivity index is 2.80. The lowest BCUT2D eigenvalue weighted by atomic mass is 10.4. The van der Waals surface area contributed by atoms with Crippen LogP contribution in [0.5, 0.6) is 0 Å². The number of nitrogens with zero attached hydrogens (tertiary/aromatic N) is 4. The lowest BCUT2D eigenvalue weighted by Gasteiger charge is -2.33. The maximum Gasteiger partial charge on any atom is 0.344 e. The second-order valence-electron chi connectivity index (χ2n) is 8.02. The molecule has 0 atom stereocenters. The SMILES string of the molecule is CCOP(=O)(CN1CCN(C)CCN(CP(=O)(OCC)OCC)CCN(C)CC1)OCC. The summed E-state index contributed by atoms with van der Waals surface area (Å²) in [4.78, 5) is 8.83. The third-order valence-corrected chi connectivity index (χ3v) is 9.34. The molecular formula is C20H46N4O6P2. The summed E-state index contributed by atoms with van der Waals surface area (Å²) < 4.78 is 48.1. The van der Waals surface area contributed by atoms with Gasteiger partial charge in [0.15, 0.2) is 0 Å². The van der Waals surface area contributed by atoms with Crippen molar-refractivity contribution in [3.8, 4) is 0 Å². The highest BCUT2D eigenvalue weighted by atomic mass is 31.2. The van der Waals surface area contributed by atoms with E-state index >= 15 is 0 Å². The van der Waals surface area contributed by atoms with Crippen molar-refractivity contribution in [3.05, 3.63) is 0 Å². The Hall–Kier alpha value is 0.140. The van der Waals surface area contributed by atoms with Crippen LogP contribution in [0, 0.1) is 0 Å². The zero-order chi connectivity index (χ0) is 24.0. The first kappa shape index (κ1) is 30.2. The first-order valence-electron chi connectivity index (χ1n) is 11.8. The summed E-state index contributed by atoms with van der Waals surface area (Å²) in [6.45, 7) is 15.2. The Bertz CT molecular complexity index is 514. The molecule has 10 nitrogen and oxygen atoms in total. The van der Waals surface area contributed by atoms with Crippen LogP contribution in [-0.2, 0) is 27.2 Å². The van der Waals surface area contributed by atoms with Crippen molar-refractivity contribution in [3.63, 3.8) is 0 Å². The van der Waals surface area contributed by atoms with E-state index in [0.29, 0.717) is 39.0 Å². The molecule has 12 heteroatoms. The molecule has 1 saturated heterocycles. The van der Waals surface area contributed by atoms with Crippen LogP contribution in [0.15, 0.2) is 0 Å². The average Bonchev–Trinajstić information content (AvgIpc) is 2.71. The van der Waals surface area contributed by atoms with Crippen LogP contribution in [-0.4, -0.2) is 125 Å². The number of hydrogen-bond donors (Lipinski definition) is 0. The van der Waals surface area contributed by atoms with E-state index in [-0.39, 0.29) is 0 Å². The Morgan fingerprint density at radius 3 is 1.00 bits per heavy atom. The standard InChI is InChI=1S/C20H46N4O6P2/c1-7-27-31(25,28-8-2)19-23-15-11-21(5)13-17-24(18-14-22(6)12-16-23)20-32(26,29-9-3)30-10-4/h7-20H2,1-6H3. The van der Waals surface area contributed by atoms with Crippen molar-refractivity contribution >= 4 is 15.2 Å². The Kier molecular flexibility index (Phi) is 15.0. The molecule has 1 aliphatic heterocycles. The molecule has 0 amide bonds. The normalized spacial score (nSPS) is 20.2. The summed E-state index contributed by atoms with van der Waals surface area (Å²) in [5, 5.41) is 0. The molecule has 0 bridgehead atoms. The quantitative estimate of drug-likeness (QED) is 0.373. The summed E-state index contributed by atoms with van der Waals surface area (Å²) in [7, 11) is -2.11. The molecule has 192 valence electrons. The van der Waals surface area contributed by atoms with E-state index in [9.17, 15) is 9.13 Å². The van der Waals surface area contributed by atoms with Crippen LogP contribution in [0.3, 0.4) is 0 Å². The summed E-state index contributed by atoms with van der Waals surface area (Å²) in [5.41, 5.74) is 0. The lowest BCUT2D eigenvalue weighted by Crippen LogP contribution is -2.44. The predicted molar refractivity (Wildman–Crippen MR) is 130 cm³/mol. The van der Waals surface area contributed by atoms with Crippen LogP contribution >= 0.6 is 15.2 Å². The van der Waals surface area contributed by atoms with E-state index in [0.717, 1.165) is 52.4 Å². The van der Waals surface area contributed by atoms with Gasteiger partial charge in [0, 0.05) is 52.4 Å². The van der Waals surface area contributed by atoms with Gasteiger partial charge < -0.3 is 27.9 Å². The van der Waals surface area contributed by atoms with Crippen molar-refractivity contribution in [1.29, 1.82) is 0 Å². The first-order chi connectivity index (χ1) is 15.2. The van der Waals surface area contributed by atoms with Gasteiger partial charge >= 0.3 is 15.2 Å². The van der Waals surface area contributed by atoms with Gasteiger partial charge in [-0.3, -0.25) is 18.9 Å². The fourth-order valence-electron chi connectivity index (χ4n) is 3.49. The van der Waals surface area contributed by atoms with Gasteiger partial charge in [-0.15, -0.1) is 0 Å². The second-order valence-corrected chi connectivity index (χ2v) is 12.1. The maximum absolute atomic E-state index is 13.0. The van der Waals surface area contributed by atoms with E-state index < -0.39 is 15.2 Å². The Labute approximate surface area is 195 Å². The summed E-state index contributed by atoms with van der Waals surface area (Å²) >= 11 is 0. The molecule has 32 heavy (non-hydrogen) atoms. The summed E-state index contributed by atoms with van der Waals surface area (Å²) in [5.74, 6) is 0. The molecule has 0 radical (unpaired) electrons. The maximum atomic E-state index is 13.0. The monoisotopic (exact) mass is 500 g/mol. The van der Waals surface area contributed by atoms with E-state index in [1.807, 2.05) is 27.7 Å². The van der Waals surface area contributed by atoms with Crippen molar-refractivity contribution < 1.29 is 27.2 Å². The van der Waals surface area contributed by atoms with Crippen molar-refractivity contribution in [1.82, 2.24) is 19.6 Å². The van der Waals surface area contributed by atoms with E-state index in [4.69, 9.17) is 18.1 Å². The van der Waals surface area contributed by atoms with Crippen LogP contribution in [0.4, 0.5) is 0 Å². The first-order valence-corrected chi connectivity index (χ1v) is 15.2. The predicted octanol–water partition coefficient (Wildman–Crippen LogP) is 2.91. The molecule has 1 aliphatic rings. The minimum atomic E-state index is -3.13. The molecule has 0 aliphatic carbocycles. The molecule has 1 fully saturated rings. The molecule has 0 N–H and O–H groups in total. The Morgan fingerprint density at radius 2 is 0.781 bits per heavy atom. The highest BCUT2D eigenvalue weighted by Crippen LogP contribution is 2.49. The van der Waals surface area contributed by atoms with E-state index in [1.54, 1.807) is 0 Å². The molecule has 0 aromatic rings. The van der Waals surface area contributed by atoms with Gasteiger partial charge in [-0.2, -0.15) is 0 Å². The molecule has 0 saturated carbocycles. The highest BCUT2D eigenvalue weighted by molar-refractivity contribution is 7.54. The second kappa shape index (κ2) is 15.9. The Morgan fingerprint density at radius 1 is 0.531 bits per heavy atom. The van der Waals surface area contributed by atoms with Crippen LogP contribution in [0.25, 0.3) is 0 Å². The molecule has 0 spiro atoms. The molecule has 1 heterocycles. The molecule has 0 aromatic heterocycles. The van der Waals surface area contributed by atoms with Gasteiger partial charge in [0.1, 0.15) is 12.6 Å². The van der Waals surface area contributed by atoms with Crippen LogP contribution < -0.4 is 0 Å². The van der Waals surface area contributed by atoms with Gasteiger partial charge in [0.05, 0.1) is 26.4 Å². The van der Waals surface area contributed by atoms with Gasteiger partial charge in [-0.05, 0) is 41.8 Å². The van der Waals surface area contributed by atoms with Gasteiger partial charge in [0.25, 0.3) is 0 Å². The molecule has 0 aromatic carbocycles. The number of rotatable bonds is 12. The number of likely N-dealkylation sites (N-methyl/N-ethyl adjacent to an activating group) is 2. The minimum absolute atomic E-state index is 0.300. The van der Waals surface area contributed by atoms with E-state index in [1.165, 1.54) is 0 Å². The van der Waals surface area contributed by atoms with Crippen LogP contribution in [0.1, 0.15) is 27.7 Å². The van der Waals surface area contributed by atoms with Gasteiger partial charge in [-0.1, -0.05) is 0 Å². The smallest absolute Gasteiger partial charge is 0.308 e. The lowest BCUT2D eigenvalue weighted by molar-refractivity contribution is 0.149. The largest absolute Gasteiger partial charge is 0.344 e. The third kappa shape index (κ3) is 12.0. The van der Waals surface area contributed by atoms with Crippen LogP contribution in [0.2, 0.25) is 0 Å². The fraction of sp³-hybridized carbons (Fsp3) is 1.00. The zero-order valence-corrected chi connectivity index (χ0v) is 22.8. The van der Waals surface area contributed by atoms with Gasteiger partial charge in [-0.25, -0.2) is 0 Å². The summed E-state index contributed by atoms with van der Waals surface area (Å²) in [6, 6.07) is 0. The van der Waals surface area contributed by atoms with Crippen molar-refractivity contribution in [2.75, 3.05) is 105 Å². The van der Waals surface area contributed by atoms with E-state index in [2.05, 4.69) is 33.7 Å². The minimum Gasteiger partial charge on any atom is -0.308 e. The fourth-order valence-corrected chi connectivity index (χ4v) is 7.09. The topological polar surface area (TPSA) is 84.0 Å². The molecule has 1 rings (SSSR count). The summed E-state index contributed by atoms with van der Waals surface area (Å²) in [6.07, 6.45) is 0.600.